The molecule has 2 unspecified atom stereocenters. The maximum absolute atomic E-state index is 11.1. The van der Waals surface area contributed by atoms with Crippen LogP contribution in [0.25, 0.3) is 0 Å². The van der Waals surface area contributed by atoms with Gasteiger partial charge in [0.2, 0.25) is 0 Å². The summed E-state index contributed by atoms with van der Waals surface area (Å²) in [7, 11) is 6.48. The molecular weight excluding hydrogens is 408 g/mol. The molecule has 0 radical (unpaired) electrons. The molecule has 0 heterocycles. The van der Waals surface area contributed by atoms with Crippen LogP contribution >= 0.6 is 0 Å². The molecule has 3 rings (SSSR count). The maximum atomic E-state index is 11.1. The predicted molar refractivity (Wildman–Crippen MR) is 124 cm³/mol. The Labute approximate surface area is 190 Å². The second kappa shape index (κ2) is 11.5. The monoisotopic (exact) mass is 442 g/mol. The standard InChI is InChI=1S/C26H34O6/c1-29-13-19-10-18(11-20(14-30-2)25(19)27)22-12-21(15-31-3)26(28)23(16-32-4)24(22)17-8-6-5-7-9-17/h5-6,8,10-12,22,24,27-28H,7,9,13-16H2,1-4H3. The van der Waals surface area contributed by atoms with E-state index in [1.54, 1.807) is 28.4 Å². The summed E-state index contributed by atoms with van der Waals surface area (Å²) in [5.74, 6) is 0.321. The van der Waals surface area contributed by atoms with Crippen LogP contribution in [0.2, 0.25) is 0 Å². The normalized spacial score (nSPS) is 21.0. The highest BCUT2D eigenvalue weighted by atomic mass is 16.5. The number of hydrogen-bond acceptors (Lipinski definition) is 6. The van der Waals surface area contributed by atoms with Crippen molar-refractivity contribution in [3.8, 4) is 5.75 Å². The second-order valence-electron chi connectivity index (χ2n) is 8.20. The second-order valence-corrected chi connectivity index (χ2v) is 8.20. The average molecular weight is 443 g/mol. The summed E-state index contributed by atoms with van der Waals surface area (Å²) < 4.78 is 21.6. The highest BCUT2D eigenvalue weighted by molar-refractivity contribution is 5.51. The molecule has 1 aromatic carbocycles. The van der Waals surface area contributed by atoms with Crippen LogP contribution in [0.15, 0.2) is 58.9 Å². The predicted octanol–water partition coefficient (Wildman–Crippen LogP) is 4.71. The van der Waals surface area contributed by atoms with Crippen LogP contribution in [-0.4, -0.2) is 51.9 Å². The first-order chi connectivity index (χ1) is 15.5. The molecule has 2 aliphatic carbocycles. The molecule has 0 spiro atoms. The Balaban J connectivity index is 2.20. The number of phenolic OH excluding ortho intramolecular Hbond substituents is 1. The van der Waals surface area contributed by atoms with Crippen LogP contribution in [-0.2, 0) is 32.2 Å². The molecule has 2 N–H and O–H groups in total. The minimum atomic E-state index is -0.0641. The fourth-order valence-electron chi connectivity index (χ4n) is 4.68. The van der Waals surface area contributed by atoms with Crippen LogP contribution < -0.4 is 0 Å². The van der Waals surface area contributed by atoms with Gasteiger partial charge in [-0.05, 0) is 30.5 Å². The van der Waals surface area contributed by atoms with E-state index in [2.05, 4.69) is 24.3 Å². The number of aliphatic hydroxyl groups excluding tert-OH is 1. The molecule has 32 heavy (non-hydrogen) atoms. The number of rotatable bonds is 10. The fourth-order valence-corrected chi connectivity index (χ4v) is 4.68. The summed E-state index contributed by atoms with van der Waals surface area (Å²) in [5, 5.41) is 21.8. The van der Waals surface area contributed by atoms with E-state index in [1.807, 2.05) is 12.1 Å². The van der Waals surface area contributed by atoms with Crippen molar-refractivity contribution >= 4 is 0 Å². The summed E-state index contributed by atoms with van der Waals surface area (Å²) in [6.07, 6.45) is 10.3. The third-order valence-electron chi connectivity index (χ3n) is 6.04. The van der Waals surface area contributed by atoms with Gasteiger partial charge in [0.1, 0.15) is 11.5 Å². The quantitative estimate of drug-likeness (QED) is 0.547. The zero-order chi connectivity index (χ0) is 23.1. The van der Waals surface area contributed by atoms with Crippen molar-refractivity contribution in [1.29, 1.82) is 0 Å². The Hall–Kier alpha value is -2.38. The Morgan fingerprint density at radius 3 is 2.03 bits per heavy atom. The van der Waals surface area contributed by atoms with Crippen LogP contribution in [0.1, 0.15) is 35.4 Å². The zero-order valence-electron chi connectivity index (χ0n) is 19.4. The lowest BCUT2D eigenvalue weighted by Gasteiger charge is -2.36. The molecular formula is C26H34O6. The van der Waals surface area contributed by atoms with Gasteiger partial charge in [0.05, 0.1) is 26.4 Å². The zero-order valence-corrected chi connectivity index (χ0v) is 19.4. The minimum Gasteiger partial charge on any atom is -0.508 e. The van der Waals surface area contributed by atoms with Crippen molar-refractivity contribution in [2.24, 2.45) is 5.92 Å². The largest absolute Gasteiger partial charge is 0.508 e. The van der Waals surface area contributed by atoms with Gasteiger partial charge in [0, 0.05) is 62.5 Å². The number of aliphatic hydroxyl groups is 1. The molecule has 0 bridgehead atoms. The van der Waals surface area contributed by atoms with Crippen molar-refractivity contribution < 1.29 is 29.2 Å². The van der Waals surface area contributed by atoms with Crippen LogP contribution in [0.5, 0.6) is 5.75 Å². The van der Waals surface area contributed by atoms with Crippen molar-refractivity contribution in [1.82, 2.24) is 0 Å². The first-order valence-electron chi connectivity index (χ1n) is 10.8. The van der Waals surface area contributed by atoms with Crippen molar-refractivity contribution in [2.75, 3.05) is 41.7 Å². The Kier molecular flexibility index (Phi) is 8.70. The molecule has 0 amide bonds. The number of methoxy groups -OCH3 is 4. The number of hydrogen-bond donors (Lipinski definition) is 2. The number of ether oxygens (including phenoxy) is 4. The van der Waals surface area contributed by atoms with Gasteiger partial charge in [0.25, 0.3) is 0 Å². The van der Waals surface area contributed by atoms with Crippen LogP contribution in [0.4, 0.5) is 0 Å². The molecule has 6 heteroatoms. The highest BCUT2D eigenvalue weighted by Crippen LogP contribution is 2.46. The summed E-state index contributed by atoms with van der Waals surface area (Å²) in [6, 6.07) is 3.98. The molecule has 6 nitrogen and oxygen atoms in total. The molecule has 0 aromatic heterocycles. The van der Waals surface area contributed by atoms with Gasteiger partial charge in [-0.1, -0.05) is 29.9 Å². The van der Waals surface area contributed by atoms with E-state index in [9.17, 15) is 10.2 Å². The van der Waals surface area contributed by atoms with Crippen LogP contribution in [0, 0.1) is 5.92 Å². The molecule has 2 aliphatic rings. The van der Waals surface area contributed by atoms with Gasteiger partial charge >= 0.3 is 0 Å². The molecule has 0 saturated carbocycles. The smallest absolute Gasteiger partial charge is 0.126 e. The summed E-state index contributed by atoms with van der Waals surface area (Å²) >= 11 is 0. The topological polar surface area (TPSA) is 77.4 Å². The third-order valence-corrected chi connectivity index (χ3v) is 6.04. The molecule has 174 valence electrons. The molecule has 0 aliphatic heterocycles. The van der Waals surface area contributed by atoms with Crippen molar-refractivity contribution in [2.45, 2.75) is 32.0 Å². The van der Waals surface area contributed by atoms with E-state index in [0.29, 0.717) is 37.6 Å². The summed E-state index contributed by atoms with van der Waals surface area (Å²) in [6.45, 7) is 1.21. The first kappa shape index (κ1) is 24.3. The summed E-state index contributed by atoms with van der Waals surface area (Å²) in [5.41, 5.74) is 5.28. The maximum Gasteiger partial charge on any atom is 0.126 e. The lowest BCUT2D eigenvalue weighted by molar-refractivity contribution is 0.174. The molecule has 0 saturated heterocycles. The van der Waals surface area contributed by atoms with Gasteiger partial charge in [-0.3, -0.25) is 0 Å². The van der Waals surface area contributed by atoms with E-state index in [-0.39, 0.29) is 23.3 Å². The average Bonchev–Trinajstić information content (AvgIpc) is 2.80. The fraction of sp³-hybridized carbons (Fsp3) is 0.462. The van der Waals surface area contributed by atoms with E-state index in [1.165, 1.54) is 5.57 Å². The number of phenols is 1. The summed E-state index contributed by atoms with van der Waals surface area (Å²) in [4.78, 5) is 0. The van der Waals surface area contributed by atoms with E-state index in [4.69, 9.17) is 18.9 Å². The SMILES string of the molecule is COCC1=CC(c2cc(COC)c(O)c(COC)c2)C(C2=CC=CCC2)C(COC)=C1O. The van der Waals surface area contributed by atoms with E-state index >= 15 is 0 Å². The number of allylic oxidation sites excluding steroid dienone is 5. The minimum absolute atomic E-state index is 0.0594. The first-order valence-corrected chi connectivity index (χ1v) is 10.8. The van der Waals surface area contributed by atoms with Gasteiger partial charge in [0.15, 0.2) is 0 Å². The van der Waals surface area contributed by atoms with Gasteiger partial charge in [-0.2, -0.15) is 0 Å². The third kappa shape index (κ3) is 5.15. The van der Waals surface area contributed by atoms with E-state index < -0.39 is 0 Å². The molecule has 1 aromatic rings. The lowest BCUT2D eigenvalue weighted by Crippen LogP contribution is -2.26. The Morgan fingerprint density at radius 1 is 0.875 bits per heavy atom. The van der Waals surface area contributed by atoms with Gasteiger partial charge in [-0.15, -0.1) is 0 Å². The van der Waals surface area contributed by atoms with Gasteiger partial charge in [-0.25, -0.2) is 0 Å². The van der Waals surface area contributed by atoms with Crippen molar-refractivity contribution in [3.63, 3.8) is 0 Å². The Bertz CT molecular complexity index is 897. The number of benzene rings is 1. The Morgan fingerprint density at radius 2 is 1.50 bits per heavy atom. The molecule has 2 atom stereocenters. The lowest BCUT2D eigenvalue weighted by atomic mass is 9.70. The number of aromatic hydroxyl groups is 1. The van der Waals surface area contributed by atoms with Crippen molar-refractivity contribution in [3.05, 3.63) is 75.6 Å². The van der Waals surface area contributed by atoms with Gasteiger partial charge < -0.3 is 29.2 Å². The highest BCUT2D eigenvalue weighted by Gasteiger charge is 2.36. The van der Waals surface area contributed by atoms with Crippen LogP contribution in [0.3, 0.4) is 0 Å². The molecule has 0 fully saturated rings. The van der Waals surface area contributed by atoms with E-state index in [0.717, 1.165) is 29.6 Å².